The van der Waals surface area contributed by atoms with Gasteiger partial charge in [0.15, 0.2) is 0 Å². The highest BCUT2D eigenvalue weighted by molar-refractivity contribution is 5.59. The molecule has 100 valence electrons. The van der Waals surface area contributed by atoms with Crippen LogP contribution in [0.1, 0.15) is 19.4 Å². The van der Waals surface area contributed by atoms with E-state index in [0.717, 1.165) is 17.8 Å². The van der Waals surface area contributed by atoms with Crippen LogP contribution < -0.4 is 5.32 Å². The van der Waals surface area contributed by atoms with E-state index >= 15 is 0 Å². The van der Waals surface area contributed by atoms with E-state index in [4.69, 9.17) is 0 Å². The standard InChI is InChI=1S/C16H20N2O/c1-16(2,12-19)18-11-13-6-5-7-14(10-13)15-8-3-4-9-17-15/h3-10,18-19H,11-12H2,1-2H3. The molecule has 0 atom stereocenters. The number of hydrogen-bond acceptors (Lipinski definition) is 3. The van der Waals surface area contributed by atoms with Gasteiger partial charge in [-0.3, -0.25) is 4.98 Å². The largest absolute Gasteiger partial charge is 0.394 e. The Balaban J connectivity index is 2.12. The van der Waals surface area contributed by atoms with Crippen molar-refractivity contribution in [1.82, 2.24) is 10.3 Å². The molecule has 19 heavy (non-hydrogen) atoms. The monoisotopic (exact) mass is 256 g/mol. The zero-order valence-corrected chi connectivity index (χ0v) is 11.4. The summed E-state index contributed by atoms with van der Waals surface area (Å²) in [5.41, 5.74) is 3.01. The Hall–Kier alpha value is -1.71. The highest BCUT2D eigenvalue weighted by atomic mass is 16.3. The maximum Gasteiger partial charge on any atom is 0.0702 e. The summed E-state index contributed by atoms with van der Waals surface area (Å²) in [6.45, 7) is 4.81. The van der Waals surface area contributed by atoms with Gasteiger partial charge in [-0.1, -0.05) is 24.3 Å². The van der Waals surface area contributed by atoms with Crippen LogP contribution >= 0.6 is 0 Å². The summed E-state index contributed by atoms with van der Waals surface area (Å²) in [6.07, 6.45) is 1.80. The van der Waals surface area contributed by atoms with Gasteiger partial charge in [0.1, 0.15) is 0 Å². The molecule has 0 saturated carbocycles. The third kappa shape index (κ3) is 3.88. The summed E-state index contributed by atoms with van der Waals surface area (Å²) in [5, 5.41) is 12.6. The zero-order valence-electron chi connectivity index (χ0n) is 11.4. The molecule has 0 aliphatic heterocycles. The van der Waals surface area contributed by atoms with Gasteiger partial charge in [0.2, 0.25) is 0 Å². The smallest absolute Gasteiger partial charge is 0.0702 e. The number of aliphatic hydroxyl groups is 1. The molecule has 0 aliphatic rings. The molecule has 3 heteroatoms. The summed E-state index contributed by atoms with van der Waals surface area (Å²) in [6, 6.07) is 14.2. The molecule has 0 bridgehead atoms. The molecule has 0 spiro atoms. The SMILES string of the molecule is CC(C)(CO)NCc1cccc(-c2ccccn2)c1. The minimum atomic E-state index is -0.263. The molecule has 0 aliphatic carbocycles. The number of rotatable bonds is 5. The lowest BCUT2D eigenvalue weighted by atomic mass is 10.0. The first kappa shape index (κ1) is 13.7. The van der Waals surface area contributed by atoms with E-state index in [1.807, 2.05) is 38.1 Å². The summed E-state index contributed by atoms with van der Waals surface area (Å²) in [5.74, 6) is 0. The van der Waals surface area contributed by atoms with Crippen molar-refractivity contribution in [3.63, 3.8) is 0 Å². The molecular formula is C16H20N2O. The van der Waals surface area contributed by atoms with Crippen LogP contribution in [0.5, 0.6) is 0 Å². The number of hydrogen-bond donors (Lipinski definition) is 2. The van der Waals surface area contributed by atoms with Crippen LogP contribution in [-0.2, 0) is 6.54 Å². The maximum absolute atomic E-state index is 9.23. The molecule has 0 saturated heterocycles. The summed E-state index contributed by atoms with van der Waals surface area (Å²) in [7, 11) is 0. The first-order valence-electron chi connectivity index (χ1n) is 6.47. The van der Waals surface area contributed by atoms with Gasteiger partial charge in [-0.25, -0.2) is 0 Å². The Morgan fingerprint density at radius 3 is 2.68 bits per heavy atom. The Kier molecular flexibility index (Phi) is 4.30. The summed E-state index contributed by atoms with van der Waals surface area (Å²) in [4.78, 5) is 4.35. The van der Waals surface area contributed by atoms with Gasteiger partial charge in [0, 0.05) is 23.8 Å². The van der Waals surface area contributed by atoms with E-state index in [-0.39, 0.29) is 12.1 Å². The Labute approximate surface area is 114 Å². The normalized spacial score (nSPS) is 11.5. The second-order valence-electron chi connectivity index (χ2n) is 5.31. The van der Waals surface area contributed by atoms with E-state index < -0.39 is 0 Å². The van der Waals surface area contributed by atoms with Crippen LogP contribution in [-0.4, -0.2) is 22.2 Å². The number of aliphatic hydroxyl groups excluding tert-OH is 1. The van der Waals surface area contributed by atoms with Crippen molar-refractivity contribution in [2.24, 2.45) is 0 Å². The molecule has 0 unspecified atom stereocenters. The minimum Gasteiger partial charge on any atom is -0.394 e. The average molecular weight is 256 g/mol. The molecule has 2 rings (SSSR count). The van der Waals surface area contributed by atoms with E-state index in [0.29, 0.717) is 0 Å². The van der Waals surface area contributed by atoms with Gasteiger partial charge in [0.25, 0.3) is 0 Å². The second kappa shape index (κ2) is 5.95. The van der Waals surface area contributed by atoms with E-state index in [2.05, 4.69) is 28.5 Å². The molecule has 0 amide bonds. The lowest BCUT2D eigenvalue weighted by Gasteiger charge is -2.23. The van der Waals surface area contributed by atoms with E-state index in [1.54, 1.807) is 6.20 Å². The van der Waals surface area contributed by atoms with Crippen molar-refractivity contribution in [3.05, 3.63) is 54.2 Å². The van der Waals surface area contributed by atoms with Gasteiger partial charge >= 0.3 is 0 Å². The Morgan fingerprint density at radius 2 is 2.00 bits per heavy atom. The van der Waals surface area contributed by atoms with E-state index in [9.17, 15) is 5.11 Å². The number of aromatic nitrogens is 1. The fourth-order valence-electron chi connectivity index (χ4n) is 1.77. The number of nitrogens with zero attached hydrogens (tertiary/aromatic N) is 1. The first-order valence-corrected chi connectivity index (χ1v) is 6.47. The number of benzene rings is 1. The molecule has 2 N–H and O–H groups in total. The highest BCUT2D eigenvalue weighted by Crippen LogP contribution is 2.18. The van der Waals surface area contributed by atoms with Gasteiger partial charge in [-0.15, -0.1) is 0 Å². The van der Waals surface area contributed by atoms with Crippen LogP contribution in [0.3, 0.4) is 0 Å². The summed E-state index contributed by atoms with van der Waals surface area (Å²) >= 11 is 0. The van der Waals surface area contributed by atoms with Gasteiger partial charge in [-0.05, 0) is 37.6 Å². The van der Waals surface area contributed by atoms with Crippen LogP contribution in [0.2, 0.25) is 0 Å². The van der Waals surface area contributed by atoms with E-state index in [1.165, 1.54) is 5.56 Å². The predicted octanol–water partition coefficient (Wildman–Crippen LogP) is 2.61. The summed E-state index contributed by atoms with van der Waals surface area (Å²) < 4.78 is 0. The molecule has 3 nitrogen and oxygen atoms in total. The van der Waals surface area contributed by atoms with Gasteiger partial charge < -0.3 is 10.4 Å². The number of nitrogens with one attached hydrogen (secondary N) is 1. The molecule has 1 aromatic carbocycles. The third-order valence-electron chi connectivity index (χ3n) is 3.05. The van der Waals surface area contributed by atoms with Gasteiger partial charge in [0.05, 0.1) is 12.3 Å². The molecule has 0 fully saturated rings. The third-order valence-corrected chi connectivity index (χ3v) is 3.05. The van der Waals surface area contributed by atoms with Crippen molar-refractivity contribution in [1.29, 1.82) is 0 Å². The number of pyridine rings is 1. The second-order valence-corrected chi connectivity index (χ2v) is 5.31. The van der Waals surface area contributed by atoms with Gasteiger partial charge in [-0.2, -0.15) is 0 Å². The van der Waals surface area contributed by atoms with Crippen LogP contribution in [0.4, 0.5) is 0 Å². The predicted molar refractivity (Wildman–Crippen MR) is 77.7 cm³/mol. The van der Waals surface area contributed by atoms with Crippen LogP contribution in [0, 0.1) is 0 Å². The minimum absolute atomic E-state index is 0.118. The van der Waals surface area contributed by atoms with Crippen LogP contribution in [0.15, 0.2) is 48.7 Å². The fourth-order valence-corrected chi connectivity index (χ4v) is 1.77. The lowest BCUT2D eigenvalue weighted by molar-refractivity contribution is 0.187. The zero-order chi connectivity index (χ0) is 13.7. The quantitative estimate of drug-likeness (QED) is 0.864. The maximum atomic E-state index is 9.23. The van der Waals surface area contributed by atoms with Crippen molar-refractivity contribution < 1.29 is 5.11 Å². The van der Waals surface area contributed by atoms with Crippen LogP contribution in [0.25, 0.3) is 11.3 Å². The van der Waals surface area contributed by atoms with Crippen molar-refractivity contribution >= 4 is 0 Å². The highest BCUT2D eigenvalue weighted by Gasteiger charge is 2.14. The molecular weight excluding hydrogens is 236 g/mol. The Morgan fingerprint density at radius 1 is 1.16 bits per heavy atom. The van der Waals surface area contributed by atoms with Crippen molar-refractivity contribution in [2.45, 2.75) is 25.9 Å². The molecule has 0 radical (unpaired) electrons. The van der Waals surface area contributed by atoms with Crippen molar-refractivity contribution in [2.75, 3.05) is 6.61 Å². The first-order chi connectivity index (χ1) is 9.11. The topological polar surface area (TPSA) is 45.1 Å². The van der Waals surface area contributed by atoms with Crippen molar-refractivity contribution in [3.8, 4) is 11.3 Å². The molecule has 1 heterocycles. The fraction of sp³-hybridized carbons (Fsp3) is 0.312. The lowest BCUT2D eigenvalue weighted by Crippen LogP contribution is -2.42. The Bertz CT molecular complexity index is 523. The average Bonchev–Trinajstić information content (AvgIpc) is 2.47. The molecule has 1 aromatic heterocycles. The molecule has 2 aromatic rings.